The monoisotopic (exact) mass is 199 g/mol. The van der Waals surface area contributed by atoms with Crippen molar-refractivity contribution in [2.75, 3.05) is 0 Å². The average molecular weight is 200 g/mol. The molecule has 0 N–H and O–H groups in total. The van der Waals surface area contributed by atoms with Gasteiger partial charge in [-0.3, -0.25) is 0 Å². The van der Waals surface area contributed by atoms with Crippen LogP contribution in [0.5, 0.6) is 0 Å². The van der Waals surface area contributed by atoms with Crippen LogP contribution >= 0.6 is 11.6 Å². The lowest BCUT2D eigenvalue weighted by molar-refractivity contribution is 0.623. The number of benzene rings is 1. The zero-order valence-corrected chi connectivity index (χ0v) is 8.61. The first-order valence-corrected chi connectivity index (χ1v) is 4.39. The fourth-order valence-corrected chi connectivity index (χ4v) is 0.955. The van der Waals surface area contributed by atoms with Crippen molar-refractivity contribution < 1.29 is 4.39 Å². The summed E-state index contributed by atoms with van der Waals surface area (Å²) in [6, 6.07) is 4.47. The molecule has 1 aromatic rings. The first-order valence-electron chi connectivity index (χ1n) is 4.01. The Morgan fingerprint density at radius 2 is 1.92 bits per heavy atom. The number of halogens is 2. The summed E-state index contributed by atoms with van der Waals surface area (Å²) < 4.78 is 12.7. The van der Waals surface area contributed by atoms with Crippen LogP contribution in [0.25, 0.3) is 0 Å². The molecule has 0 unspecified atom stereocenters. The molecule has 0 spiro atoms. The molecule has 0 aliphatic rings. The molecule has 70 valence electrons. The van der Waals surface area contributed by atoms with Crippen LogP contribution in [0.4, 0.5) is 4.39 Å². The van der Waals surface area contributed by atoms with E-state index in [1.807, 2.05) is 13.8 Å². The molecule has 0 aromatic heterocycles. The molecule has 13 heavy (non-hydrogen) atoms. The molecule has 0 aliphatic heterocycles. The smallest absolute Gasteiger partial charge is 0.142 e. The zero-order valence-electron chi connectivity index (χ0n) is 7.86. The molecule has 1 nitrogen and oxygen atoms in total. The molecule has 0 saturated heterocycles. The van der Waals surface area contributed by atoms with Crippen LogP contribution in [0.3, 0.4) is 0 Å². The fraction of sp³-hybridized carbons (Fsp3) is 0.300. The highest BCUT2D eigenvalue weighted by molar-refractivity contribution is 6.32. The summed E-state index contributed by atoms with van der Waals surface area (Å²) in [4.78, 5) is 0. The van der Waals surface area contributed by atoms with Crippen LogP contribution in [0.2, 0.25) is 5.02 Å². The van der Waals surface area contributed by atoms with E-state index in [9.17, 15) is 4.39 Å². The van der Waals surface area contributed by atoms with Crippen molar-refractivity contribution in [3.63, 3.8) is 0 Å². The van der Waals surface area contributed by atoms with Crippen LogP contribution < -0.4 is 0 Å². The van der Waals surface area contributed by atoms with Gasteiger partial charge in [-0.15, -0.1) is 0 Å². The first kappa shape index (κ1) is 11.9. The maximum Gasteiger partial charge on any atom is 0.142 e. The molecule has 0 bridgehead atoms. The number of nitrogens with zero attached hydrogens (tertiary/aromatic N) is 1. The van der Waals surface area contributed by atoms with Crippen LogP contribution in [-0.4, -0.2) is 0 Å². The molecule has 1 rings (SSSR count). The summed E-state index contributed by atoms with van der Waals surface area (Å²) in [5.41, 5.74) is 0.635. The van der Waals surface area contributed by atoms with E-state index in [0.717, 1.165) is 0 Å². The molecular weight excluding hydrogens is 189 g/mol. The van der Waals surface area contributed by atoms with Gasteiger partial charge in [0.1, 0.15) is 17.4 Å². The standard InChI is InChI=1S/C8H5ClFN.C2H6/c1-5-2-3-7(10)6(4-11)8(5)9;1-2/h2-3H,1H3;1-2H3. The Labute approximate surface area is 82.8 Å². The SMILES string of the molecule is CC.Cc1ccc(F)c(C#N)c1Cl. The van der Waals surface area contributed by atoms with E-state index in [2.05, 4.69) is 0 Å². The van der Waals surface area contributed by atoms with E-state index in [-0.39, 0.29) is 10.6 Å². The highest BCUT2D eigenvalue weighted by Gasteiger charge is 2.07. The van der Waals surface area contributed by atoms with E-state index in [1.165, 1.54) is 6.07 Å². The van der Waals surface area contributed by atoms with Crippen LogP contribution in [-0.2, 0) is 0 Å². The zero-order chi connectivity index (χ0) is 10.4. The van der Waals surface area contributed by atoms with Gasteiger partial charge in [-0.2, -0.15) is 5.26 Å². The number of aryl methyl sites for hydroxylation is 1. The Morgan fingerprint density at radius 3 is 2.31 bits per heavy atom. The van der Waals surface area contributed by atoms with Gasteiger partial charge in [-0.05, 0) is 18.6 Å². The van der Waals surface area contributed by atoms with Crippen LogP contribution in [0.15, 0.2) is 12.1 Å². The van der Waals surface area contributed by atoms with Gasteiger partial charge in [0.25, 0.3) is 0 Å². The fourth-order valence-electron chi connectivity index (χ4n) is 0.759. The topological polar surface area (TPSA) is 23.8 Å². The van der Waals surface area contributed by atoms with Crippen molar-refractivity contribution in [2.45, 2.75) is 20.8 Å². The van der Waals surface area contributed by atoms with Gasteiger partial charge in [0, 0.05) is 0 Å². The molecule has 0 heterocycles. The first-order chi connectivity index (χ1) is 6.16. The summed E-state index contributed by atoms with van der Waals surface area (Å²) >= 11 is 5.64. The van der Waals surface area contributed by atoms with Crippen molar-refractivity contribution in [3.8, 4) is 6.07 Å². The normalized spacial score (nSPS) is 8.31. The summed E-state index contributed by atoms with van der Waals surface area (Å²) in [6.07, 6.45) is 0. The minimum Gasteiger partial charge on any atom is -0.205 e. The second-order valence-electron chi connectivity index (χ2n) is 2.17. The lowest BCUT2D eigenvalue weighted by atomic mass is 10.1. The van der Waals surface area contributed by atoms with E-state index >= 15 is 0 Å². The van der Waals surface area contributed by atoms with Crippen molar-refractivity contribution >= 4 is 11.6 Å². The number of hydrogen-bond donors (Lipinski definition) is 0. The number of nitriles is 1. The average Bonchev–Trinajstić information content (AvgIpc) is 2.16. The largest absolute Gasteiger partial charge is 0.205 e. The molecule has 0 radical (unpaired) electrons. The maximum atomic E-state index is 12.7. The van der Waals surface area contributed by atoms with Crippen LogP contribution in [0.1, 0.15) is 25.0 Å². The molecule has 0 atom stereocenters. The highest BCUT2D eigenvalue weighted by atomic mass is 35.5. The second kappa shape index (κ2) is 5.55. The molecular formula is C10H11ClFN. The van der Waals surface area contributed by atoms with Gasteiger partial charge in [-0.25, -0.2) is 4.39 Å². The molecule has 3 heteroatoms. The highest BCUT2D eigenvalue weighted by Crippen LogP contribution is 2.21. The predicted octanol–water partition coefficient (Wildman–Crippen LogP) is 3.69. The third-order valence-corrected chi connectivity index (χ3v) is 1.88. The third-order valence-electron chi connectivity index (χ3n) is 1.40. The third kappa shape index (κ3) is 2.71. The van der Waals surface area contributed by atoms with E-state index in [0.29, 0.717) is 5.56 Å². The summed E-state index contributed by atoms with van der Waals surface area (Å²) in [7, 11) is 0. The van der Waals surface area contributed by atoms with Crippen molar-refractivity contribution in [1.29, 1.82) is 5.26 Å². The van der Waals surface area contributed by atoms with Gasteiger partial charge < -0.3 is 0 Å². The van der Waals surface area contributed by atoms with Crippen molar-refractivity contribution in [3.05, 3.63) is 34.1 Å². The van der Waals surface area contributed by atoms with E-state index in [1.54, 1.807) is 19.1 Å². The van der Waals surface area contributed by atoms with E-state index < -0.39 is 5.82 Å². The summed E-state index contributed by atoms with van der Waals surface area (Å²) in [6.45, 7) is 5.72. The Kier molecular flexibility index (Phi) is 5.10. The summed E-state index contributed by atoms with van der Waals surface area (Å²) in [5, 5.41) is 8.65. The quantitative estimate of drug-likeness (QED) is 0.625. The molecule has 0 saturated carbocycles. The van der Waals surface area contributed by atoms with E-state index in [4.69, 9.17) is 16.9 Å². The molecule has 0 amide bonds. The Balaban J connectivity index is 0.000000671. The lowest BCUT2D eigenvalue weighted by Crippen LogP contribution is -1.87. The van der Waals surface area contributed by atoms with Gasteiger partial charge in [0.05, 0.1) is 5.02 Å². The van der Waals surface area contributed by atoms with Crippen molar-refractivity contribution in [1.82, 2.24) is 0 Å². The minimum absolute atomic E-state index is 0.0772. The molecule has 0 fully saturated rings. The van der Waals surface area contributed by atoms with Gasteiger partial charge in [0.2, 0.25) is 0 Å². The predicted molar refractivity (Wildman–Crippen MR) is 52.2 cm³/mol. The lowest BCUT2D eigenvalue weighted by Gasteiger charge is -1.99. The Morgan fingerprint density at radius 1 is 1.38 bits per heavy atom. The minimum atomic E-state index is -0.567. The maximum absolute atomic E-state index is 12.7. The Bertz CT molecular complexity index is 328. The van der Waals surface area contributed by atoms with Gasteiger partial charge in [-0.1, -0.05) is 31.5 Å². The number of hydrogen-bond acceptors (Lipinski definition) is 1. The second-order valence-corrected chi connectivity index (χ2v) is 2.54. The Hall–Kier alpha value is -1.07. The molecule has 0 aliphatic carbocycles. The van der Waals surface area contributed by atoms with Crippen molar-refractivity contribution in [2.24, 2.45) is 0 Å². The molecule has 1 aromatic carbocycles. The number of rotatable bonds is 0. The van der Waals surface area contributed by atoms with Crippen LogP contribution in [0, 0.1) is 24.1 Å². The van der Waals surface area contributed by atoms with Gasteiger partial charge >= 0.3 is 0 Å². The summed E-state index contributed by atoms with van der Waals surface area (Å²) in [5.74, 6) is -0.567. The van der Waals surface area contributed by atoms with Gasteiger partial charge in [0.15, 0.2) is 0 Å².